The van der Waals surface area contributed by atoms with E-state index in [9.17, 15) is 8.78 Å². The summed E-state index contributed by atoms with van der Waals surface area (Å²) in [6.45, 7) is 8.96. The van der Waals surface area contributed by atoms with Gasteiger partial charge in [0.25, 0.3) is 0 Å². The van der Waals surface area contributed by atoms with Gasteiger partial charge in [-0.05, 0) is 90.9 Å². The largest absolute Gasteiger partial charge is 0.242 e. The van der Waals surface area contributed by atoms with E-state index in [4.69, 9.17) is 0 Å². The first-order valence-corrected chi connectivity index (χ1v) is 13.6. The van der Waals surface area contributed by atoms with E-state index in [0.717, 1.165) is 35.5 Å². The molecule has 3 unspecified atom stereocenters. The fourth-order valence-electron chi connectivity index (χ4n) is 6.52. The Balaban J connectivity index is 1.72. The quantitative estimate of drug-likeness (QED) is 0.273. The zero-order valence-corrected chi connectivity index (χ0v) is 21.4. The molecule has 2 aromatic rings. The minimum Gasteiger partial charge on any atom is -0.210 e. The van der Waals surface area contributed by atoms with E-state index in [0.29, 0.717) is 11.3 Å². The van der Waals surface area contributed by atoms with Gasteiger partial charge >= 0.3 is 0 Å². The SMILES string of the molecule is C=C(CCCC1(CCC)CCC(CCC)CC(c2ccccc2)C1)c1ccccc1CC(F)F. The number of benzene rings is 2. The summed E-state index contributed by atoms with van der Waals surface area (Å²) < 4.78 is 26.1. The van der Waals surface area contributed by atoms with Crippen LogP contribution in [0.3, 0.4) is 0 Å². The van der Waals surface area contributed by atoms with Crippen LogP contribution in [0.4, 0.5) is 8.78 Å². The Bertz CT molecular complexity index is 872. The molecule has 3 rings (SSSR count). The predicted molar refractivity (Wildman–Crippen MR) is 142 cm³/mol. The van der Waals surface area contributed by atoms with E-state index >= 15 is 0 Å². The van der Waals surface area contributed by atoms with Crippen molar-refractivity contribution in [1.82, 2.24) is 0 Å². The number of alkyl halides is 2. The monoisotopic (exact) mass is 466 g/mol. The van der Waals surface area contributed by atoms with Crippen LogP contribution < -0.4 is 0 Å². The number of hydrogen-bond donors (Lipinski definition) is 0. The summed E-state index contributed by atoms with van der Waals surface area (Å²) in [5, 5.41) is 0. The van der Waals surface area contributed by atoms with Crippen LogP contribution in [0.2, 0.25) is 0 Å². The molecule has 1 aliphatic rings. The van der Waals surface area contributed by atoms with E-state index in [-0.39, 0.29) is 6.42 Å². The average Bonchev–Trinajstić information content (AvgIpc) is 3.00. The van der Waals surface area contributed by atoms with Gasteiger partial charge in [-0.3, -0.25) is 0 Å². The fraction of sp³-hybridized carbons (Fsp3) is 0.562. The molecule has 3 atom stereocenters. The molecule has 0 N–H and O–H groups in total. The van der Waals surface area contributed by atoms with Crippen LogP contribution in [0, 0.1) is 11.3 Å². The number of allylic oxidation sites excluding steroid dienone is 1. The van der Waals surface area contributed by atoms with Crippen LogP contribution >= 0.6 is 0 Å². The van der Waals surface area contributed by atoms with Crippen LogP contribution in [0.1, 0.15) is 107 Å². The number of halogens is 2. The van der Waals surface area contributed by atoms with E-state index in [1.165, 1.54) is 63.4 Å². The van der Waals surface area contributed by atoms with Gasteiger partial charge in [-0.2, -0.15) is 0 Å². The van der Waals surface area contributed by atoms with Gasteiger partial charge in [0.2, 0.25) is 6.43 Å². The lowest BCUT2D eigenvalue weighted by atomic mass is 9.69. The fourth-order valence-corrected chi connectivity index (χ4v) is 6.52. The third kappa shape index (κ3) is 7.52. The minimum absolute atomic E-state index is 0.188. The summed E-state index contributed by atoms with van der Waals surface area (Å²) in [4.78, 5) is 0. The van der Waals surface area contributed by atoms with E-state index in [2.05, 4.69) is 50.8 Å². The molecule has 1 fully saturated rings. The zero-order chi connectivity index (χ0) is 24.4. The molecule has 2 heteroatoms. The lowest BCUT2D eigenvalue weighted by Gasteiger charge is -2.36. The summed E-state index contributed by atoms with van der Waals surface area (Å²) >= 11 is 0. The van der Waals surface area contributed by atoms with Crippen molar-refractivity contribution in [2.75, 3.05) is 0 Å². The summed E-state index contributed by atoms with van der Waals surface area (Å²) in [7, 11) is 0. The molecule has 34 heavy (non-hydrogen) atoms. The maximum atomic E-state index is 13.1. The normalized spacial score (nSPS) is 23.1. The van der Waals surface area contributed by atoms with Gasteiger partial charge in [0.05, 0.1) is 0 Å². The molecule has 0 radical (unpaired) electrons. The van der Waals surface area contributed by atoms with Crippen molar-refractivity contribution in [3.63, 3.8) is 0 Å². The molecule has 0 spiro atoms. The minimum atomic E-state index is -2.32. The van der Waals surface area contributed by atoms with Crippen molar-refractivity contribution >= 4 is 5.57 Å². The highest BCUT2D eigenvalue weighted by Gasteiger charge is 2.36. The van der Waals surface area contributed by atoms with Crippen molar-refractivity contribution in [1.29, 1.82) is 0 Å². The molecular formula is C32H44F2. The van der Waals surface area contributed by atoms with Crippen molar-refractivity contribution in [3.8, 4) is 0 Å². The highest BCUT2D eigenvalue weighted by molar-refractivity contribution is 5.66. The average molecular weight is 467 g/mol. The van der Waals surface area contributed by atoms with Crippen molar-refractivity contribution in [2.45, 2.75) is 103 Å². The van der Waals surface area contributed by atoms with Crippen LogP contribution in [-0.2, 0) is 6.42 Å². The predicted octanol–water partition coefficient (Wildman–Crippen LogP) is 10.2. The molecule has 0 amide bonds. The van der Waals surface area contributed by atoms with Gasteiger partial charge in [-0.1, -0.05) is 94.3 Å². The van der Waals surface area contributed by atoms with Gasteiger partial charge in [-0.25, -0.2) is 8.78 Å². The first kappa shape index (κ1) is 26.6. The summed E-state index contributed by atoms with van der Waals surface area (Å²) in [6.07, 6.45) is 11.0. The van der Waals surface area contributed by atoms with Crippen LogP contribution in [-0.4, -0.2) is 6.43 Å². The molecule has 0 aliphatic heterocycles. The molecular weight excluding hydrogens is 422 g/mol. The standard InChI is InChI=1S/C32H44F2/c1-4-12-26-18-21-32(19-5-2,24-29(22-26)27-14-7-6-8-15-27)20-11-13-25(3)30-17-10-9-16-28(30)23-31(33)34/h6-10,14-17,26,29,31H,3-5,11-13,18-24H2,1-2H3. The summed E-state index contributed by atoms with van der Waals surface area (Å²) in [5.41, 5.74) is 4.56. The Labute approximate surface area is 206 Å². The van der Waals surface area contributed by atoms with Crippen molar-refractivity contribution < 1.29 is 8.78 Å². The van der Waals surface area contributed by atoms with Crippen LogP contribution in [0.15, 0.2) is 61.2 Å². The van der Waals surface area contributed by atoms with Gasteiger partial charge in [0.15, 0.2) is 0 Å². The molecule has 0 aromatic heterocycles. The maximum Gasteiger partial charge on any atom is 0.242 e. The first-order valence-electron chi connectivity index (χ1n) is 13.6. The first-order chi connectivity index (χ1) is 16.5. The Morgan fingerprint density at radius 2 is 1.74 bits per heavy atom. The highest BCUT2D eigenvalue weighted by atomic mass is 19.3. The van der Waals surface area contributed by atoms with E-state index in [1.807, 2.05) is 24.3 Å². The molecule has 1 saturated carbocycles. The molecule has 186 valence electrons. The van der Waals surface area contributed by atoms with E-state index < -0.39 is 6.43 Å². The van der Waals surface area contributed by atoms with Crippen LogP contribution in [0.5, 0.6) is 0 Å². The van der Waals surface area contributed by atoms with E-state index in [1.54, 1.807) is 0 Å². The lowest BCUT2D eigenvalue weighted by Crippen LogP contribution is -2.22. The highest BCUT2D eigenvalue weighted by Crippen LogP contribution is 2.50. The van der Waals surface area contributed by atoms with Gasteiger partial charge in [0.1, 0.15) is 0 Å². The molecule has 0 saturated heterocycles. The van der Waals surface area contributed by atoms with Gasteiger partial charge < -0.3 is 0 Å². The van der Waals surface area contributed by atoms with Gasteiger partial charge in [-0.15, -0.1) is 0 Å². The smallest absolute Gasteiger partial charge is 0.210 e. The summed E-state index contributed by atoms with van der Waals surface area (Å²) in [6, 6.07) is 18.8. The Morgan fingerprint density at radius 3 is 2.44 bits per heavy atom. The lowest BCUT2D eigenvalue weighted by molar-refractivity contribution is 0.149. The molecule has 2 aromatic carbocycles. The number of hydrogen-bond acceptors (Lipinski definition) is 0. The van der Waals surface area contributed by atoms with Crippen molar-refractivity contribution in [3.05, 3.63) is 77.9 Å². The second kappa shape index (κ2) is 13.2. The molecule has 0 nitrogen and oxygen atoms in total. The second-order valence-corrected chi connectivity index (χ2v) is 10.7. The Hall–Kier alpha value is -1.96. The van der Waals surface area contributed by atoms with Gasteiger partial charge in [0, 0.05) is 6.42 Å². The summed E-state index contributed by atoms with van der Waals surface area (Å²) in [5.74, 6) is 1.46. The maximum absolute atomic E-state index is 13.1. The number of rotatable bonds is 12. The van der Waals surface area contributed by atoms with Crippen molar-refractivity contribution in [2.24, 2.45) is 11.3 Å². The molecule has 0 heterocycles. The topological polar surface area (TPSA) is 0 Å². The third-order valence-electron chi connectivity index (χ3n) is 8.09. The second-order valence-electron chi connectivity index (χ2n) is 10.7. The Morgan fingerprint density at radius 1 is 1.00 bits per heavy atom. The molecule has 0 bridgehead atoms. The molecule has 1 aliphatic carbocycles. The van der Waals surface area contributed by atoms with Crippen LogP contribution in [0.25, 0.3) is 5.57 Å². The third-order valence-corrected chi connectivity index (χ3v) is 8.09. The zero-order valence-electron chi connectivity index (χ0n) is 21.4. The Kier molecular flexibility index (Phi) is 10.4.